The van der Waals surface area contributed by atoms with Gasteiger partial charge in [0.25, 0.3) is 0 Å². The summed E-state index contributed by atoms with van der Waals surface area (Å²) in [5.74, 6) is -0.952. The summed E-state index contributed by atoms with van der Waals surface area (Å²) in [6.45, 7) is 0.352. The molecule has 6 nitrogen and oxygen atoms in total. The van der Waals surface area contributed by atoms with Crippen LogP contribution in [-0.4, -0.2) is 39.3 Å². The predicted octanol–water partition coefficient (Wildman–Crippen LogP) is 4.32. The Balaban J connectivity index is 1.79. The normalized spacial score (nSPS) is 13.4. The lowest BCUT2D eigenvalue weighted by atomic mass is 10.0. The largest absolute Gasteiger partial charge is 0.497 e. The van der Waals surface area contributed by atoms with Crippen molar-refractivity contribution in [3.63, 3.8) is 0 Å². The van der Waals surface area contributed by atoms with Gasteiger partial charge in [0.15, 0.2) is 0 Å². The third kappa shape index (κ3) is 8.13. The van der Waals surface area contributed by atoms with Crippen molar-refractivity contribution in [1.82, 2.24) is 10.0 Å². The molecule has 0 bridgehead atoms. The van der Waals surface area contributed by atoms with Crippen molar-refractivity contribution >= 4 is 33.2 Å². The second-order valence-corrected chi connectivity index (χ2v) is 10.5. The highest BCUT2D eigenvalue weighted by Crippen LogP contribution is 2.23. The van der Waals surface area contributed by atoms with Crippen molar-refractivity contribution in [2.75, 3.05) is 13.7 Å². The summed E-state index contributed by atoms with van der Waals surface area (Å²) in [5, 5.41) is 14.1. The lowest BCUT2D eigenvalue weighted by Gasteiger charge is -2.25. The van der Waals surface area contributed by atoms with Gasteiger partial charge in [0.1, 0.15) is 17.4 Å². The van der Waals surface area contributed by atoms with E-state index in [4.69, 9.17) is 27.9 Å². The molecule has 3 aromatic rings. The molecule has 0 saturated heterocycles. The zero-order chi connectivity index (χ0) is 25.6. The lowest BCUT2D eigenvalue weighted by Crippen LogP contribution is -2.48. The Bertz CT molecular complexity index is 1240. The number of aliphatic hydroxyl groups is 1. The molecule has 188 valence electrons. The van der Waals surface area contributed by atoms with E-state index in [0.717, 1.165) is 17.7 Å². The number of benzene rings is 3. The summed E-state index contributed by atoms with van der Waals surface area (Å²) >= 11 is 11.9. The van der Waals surface area contributed by atoms with Gasteiger partial charge in [-0.3, -0.25) is 0 Å². The fourth-order valence-corrected chi connectivity index (χ4v) is 5.47. The molecule has 0 radical (unpaired) electrons. The second-order valence-electron chi connectivity index (χ2n) is 7.86. The standard InChI is InChI=1S/C24H24Cl2F2N2O4S/c1-34-21-4-2-3-15(7-21)13-29-14-24(31)23(8-16-5-19(27)12-20(28)6-16)30-35(32,33)22-10-17(25)9-18(26)11-22/h2-7,9-12,23-24,29-31H,8,13-14H2,1H3/t23-,24+/m1/s1. The number of nitrogens with one attached hydrogen (secondary N) is 2. The van der Waals surface area contributed by atoms with E-state index >= 15 is 0 Å². The second kappa shape index (κ2) is 12.1. The van der Waals surface area contributed by atoms with Gasteiger partial charge < -0.3 is 15.2 Å². The molecule has 0 aliphatic carbocycles. The monoisotopic (exact) mass is 544 g/mol. The van der Waals surface area contributed by atoms with Crippen molar-refractivity contribution in [1.29, 1.82) is 0 Å². The number of ether oxygens (including phenoxy) is 1. The lowest BCUT2D eigenvalue weighted by molar-refractivity contribution is 0.134. The maximum absolute atomic E-state index is 13.7. The number of halogens is 4. The van der Waals surface area contributed by atoms with E-state index in [-0.39, 0.29) is 33.5 Å². The molecule has 11 heteroatoms. The van der Waals surface area contributed by atoms with Crippen molar-refractivity contribution in [3.8, 4) is 5.75 Å². The maximum Gasteiger partial charge on any atom is 0.241 e. The quantitative estimate of drug-likeness (QED) is 0.334. The van der Waals surface area contributed by atoms with E-state index in [0.29, 0.717) is 18.4 Å². The Hall–Kier alpha value is -2.27. The Kier molecular flexibility index (Phi) is 9.46. The molecule has 0 fully saturated rings. The summed E-state index contributed by atoms with van der Waals surface area (Å²) < 4.78 is 61.1. The minimum atomic E-state index is -4.19. The molecule has 0 heterocycles. The van der Waals surface area contributed by atoms with Crippen LogP contribution in [-0.2, 0) is 23.0 Å². The topological polar surface area (TPSA) is 87.7 Å². The zero-order valence-electron chi connectivity index (χ0n) is 18.6. The third-order valence-electron chi connectivity index (χ3n) is 5.11. The van der Waals surface area contributed by atoms with Gasteiger partial charge >= 0.3 is 0 Å². The molecular formula is C24H24Cl2F2N2O4S. The Morgan fingerprint density at radius 2 is 1.63 bits per heavy atom. The first-order valence-corrected chi connectivity index (χ1v) is 12.7. The molecule has 0 unspecified atom stereocenters. The van der Waals surface area contributed by atoms with Gasteiger partial charge in [0.2, 0.25) is 10.0 Å². The first-order chi connectivity index (χ1) is 16.6. The zero-order valence-corrected chi connectivity index (χ0v) is 21.0. The summed E-state index contributed by atoms with van der Waals surface area (Å²) in [6, 6.07) is 12.8. The molecule has 0 aromatic heterocycles. The van der Waals surface area contributed by atoms with Gasteiger partial charge in [-0.15, -0.1) is 0 Å². The maximum atomic E-state index is 13.7. The van der Waals surface area contributed by atoms with Crippen LogP contribution >= 0.6 is 23.2 Å². The van der Waals surface area contributed by atoms with E-state index in [2.05, 4.69) is 10.0 Å². The van der Waals surface area contributed by atoms with Crippen molar-refractivity contribution < 1.29 is 27.0 Å². The number of methoxy groups -OCH3 is 1. The molecule has 0 aliphatic rings. The number of hydrogen-bond acceptors (Lipinski definition) is 5. The van der Waals surface area contributed by atoms with Crippen LogP contribution in [0.1, 0.15) is 11.1 Å². The highest BCUT2D eigenvalue weighted by Gasteiger charge is 2.27. The molecule has 35 heavy (non-hydrogen) atoms. The fourth-order valence-electron chi connectivity index (χ4n) is 3.48. The van der Waals surface area contributed by atoms with Crippen LogP contribution < -0.4 is 14.8 Å². The predicted molar refractivity (Wildman–Crippen MR) is 131 cm³/mol. The number of rotatable bonds is 11. The van der Waals surface area contributed by atoms with Gasteiger partial charge in [0, 0.05) is 29.2 Å². The van der Waals surface area contributed by atoms with E-state index < -0.39 is 33.8 Å². The van der Waals surface area contributed by atoms with Gasteiger partial charge in [-0.25, -0.2) is 21.9 Å². The SMILES string of the molecule is COc1cccc(CNC[C@H](O)[C@@H](Cc2cc(F)cc(F)c2)NS(=O)(=O)c2cc(Cl)cc(Cl)c2)c1. The summed E-state index contributed by atoms with van der Waals surface area (Å²) in [5.41, 5.74) is 1.06. The average Bonchev–Trinajstić information content (AvgIpc) is 2.77. The summed E-state index contributed by atoms with van der Waals surface area (Å²) in [7, 11) is -2.64. The molecule has 3 N–H and O–H groups in total. The van der Waals surface area contributed by atoms with Crippen LogP contribution in [0, 0.1) is 11.6 Å². The average molecular weight is 545 g/mol. The van der Waals surface area contributed by atoms with E-state index in [1.54, 1.807) is 13.2 Å². The van der Waals surface area contributed by atoms with Crippen LogP contribution in [0.15, 0.2) is 65.6 Å². The van der Waals surface area contributed by atoms with Gasteiger partial charge in [-0.2, -0.15) is 0 Å². The van der Waals surface area contributed by atoms with Crippen LogP contribution in [0.3, 0.4) is 0 Å². The van der Waals surface area contributed by atoms with Crippen LogP contribution in [0.2, 0.25) is 10.0 Å². The summed E-state index contributed by atoms with van der Waals surface area (Å²) in [6.07, 6.45) is -1.43. The number of sulfonamides is 1. The molecule has 3 aromatic carbocycles. The molecule has 0 spiro atoms. The Morgan fingerprint density at radius 3 is 2.26 bits per heavy atom. The first kappa shape index (κ1) is 27.3. The fraction of sp³-hybridized carbons (Fsp3) is 0.250. The molecule has 0 aliphatic heterocycles. The minimum Gasteiger partial charge on any atom is -0.497 e. The number of hydrogen-bond donors (Lipinski definition) is 3. The highest BCUT2D eigenvalue weighted by atomic mass is 35.5. The van der Waals surface area contributed by atoms with Crippen molar-refractivity contribution in [2.45, 2.75) is 30.0 Å². The smallest absolute Gasteiger partial charge is 0.241 e. The van der Waals surface area contributed by atoms with Crippen LogP contribution in [0.4, 0.5) is 8.78 Å². The van der Waals surface area contributed by atoms with Crippen LogP contribution in [0.5, 0.6) is 5.75 Å². The highest BCUT2D eigenvalue weighted by molar-refractivity contribution is 7.89. The van der Waals surface area contributed by atoms with Gasteiger partial charge in [-0.1, -0.05) is 35.3 Å². The molecule has 2 atom stereocenters. The Morgan fingerprint density at radius 1 is 0.971 bits per heavy atom. The summed E-state index contributed by atoms with van der Waals surface area (Å²) in [4.78, 5) is -0.207. The van der Waals surface area contributed by atoms with Gasteiger partial charge in [0.05, 0.1) is 24.2 Å². The molecule has 0 amide bonds. The molecular weight excluding hydrogens is 521 g/mol. The van der Waals surface area contributed by atoms with E-state index in [1.165, 1.54) is 18.2 Å². The molecule has 0 saturated carbocycles. The molecule has 3 rings (SSSR count). The van der Waals surface area contributed by atoms with Crippen molar-refractivity contribution in [2.24, 2.45) is 0 Å². The van der Waals surface area contributed by atoms with E-state index in [1.807, 2.05) is 18.2 Å². The number of aliphatic hydroxyl groups excluding tert-OH is 1. The van der Waals surface area contributed by atoms with Crippen molar-refractivity contribution in [3.05, 3.63) is 93.5 Å². The van der Waals surface area contributed by atoms with Crippen LogP contribution in [0.25, 0.3) is 0 Å². The first-order valence-electron chi connectivity index (χ1n) is 10.5. The third-order valence-corrected chi connectivity index (χ3v) is 7.02. The van der Waals surface area contributed by atoms with E-state index in [9.17, 15) is 22.3 Å². The Labute approximate surface area is 212 Å². The van der Waals surface area contributed by atoms with Gasteiger partial charge in [-0.05, 0) is 60.0 Å². The minimum absolute atomic E-state index is 0.0154.